The number of rotatable bonds is 5. The summed E-state index contributed by atoms with van der Waals surface area (Å²) < 4.78 is 45.0. The Kier molecular flexibility index (Phi) is 5.44. The number of carbonyl (C=O) groups excluding carboxylic acids is 2. The first-order valence-corrected chi connectivity index (χ1v) is 7.99. The van der Waals surface area contributed by atoms with E-state index in [9.17, 15) is 22.8 Å². The lowest BCUT2D eigenvalue weighted by Gasteiger charge is -2.10. The number of aromatic nitrogens is 1. The Hall–Kier alpha value is -3.62. The second-order valence-electron chi connectivity index (χ2n) is 5.59. The third kappa shape index (κ3) is 5.19. The monoisotopic (exact) mass is 390 g/mol. The second-order valence-corrected chi connectivity index (χ2v) is 5.59. The van der Waals surface area contributed by atoms with Gasteiger partial charge in [-0.2, -0.15) is 0 Å². The molecule has 0 aliphatic carbocycles. The van der Waals surface area contributed by atoms with Crippen LogP contribution in [0.25, 0.3) is 10.9 Å². The zero-order valence-corrected chi connectivity index (χ0v) is 14.2. The van der Waals surface area contributed by atoms with E-state index in [-0.39, 0.29) is 11.4 Å². The van der Waals surface area contributed by atoms with Gasteiger partial charge in [0.25, 0.3) is 5.91 Å². The summed E-state index contributed by atoms with van der Waals surface area (Å²) in [5.74, 6) is -1.84. The average molecular weight is 390 g/mol. The van der Waals surface area contributed by atoms with Gasteiger partial charge in [0.1, 0.15) is 11.4 Å². The molecule has 0 atom stereocenters. The van der Waals surface area contributed by atoms with E-state index in [1.807, 2.05) is 12.1 Å². The minimum absolute atomic E-state index is 0.0557. The van der Waals surface area contributed by atoms with Crippen LogP contribution in [0, 0.1) is 0 Å². The summed E-state index contributed by atoms with van der Waals surface area (Å²) in [7, 11) is 0. The number of nitrogens with zero attached hydrogens (tertiary/aromatic N) is 1. The van der Waals surface area contributed by atoms with Crippen molar-refractivity contribution >= 4 is 28.5 Å². The number of hydrogen-bond donors (Lipinski definition) is 1. The molecule has 1 heterocycles. The summed E-state index contributed by atoms with van der Waals surface area (Å²) in [4.78, 5) is 28.1. The Morgan fingerprint density at radius 1 is 0.964 bits per heavy atom. The van der Waals surface area contributed by atoms with Crippen molar-refractivity contribution in [2.45, 2.75) is 6.36 Å². The topological polar surface area (TPSA) is 77.5 Å². The molecule has 144 valence electrons. The van der Waals surface area contributed by atoms with E-state index in [1.54, 1.807) is 18.2 Å². The number of pyridine rings is 1. The van der Waals surface area contributed by atoms with Crippen LogP contribution in [0.4, 0.5) is 18.9 Å². The predicted molar refractivity (Wildman–Crippen MR) is 93.8 cm³/mol. The summed E-state index contributed by atoms with van der Waals surface area (Å²) in [6.07, 6.45) is -4.80. The molecule has 28 heavy (non-hydrogen) atoms. The van der Waals surface area contributed by atoms with Crippen LogP contribution in [0.5, 0.6) is 5.75 Å². The van der Waals surface area contributed by atoms with Crippen molar-refractivity contribution in [3.63, 3.8) is 0 Å². The zero-order valence-electron chi connectivity index (χ0n) is 14.2. The third-order valence-corrected chi connectivity index (χ3v) is 3.51. The van der Waals surface area contributed by atoms with Gasteiger partial charge in [0.05, 0.1) is 5.52 Å². The molecule has 3 rings (SSSR count). The van der Waals surface area contributed by atoms with E-state index >= 15 is 0 Å². The highest BCUT2D eigenvalue weighted by Gasteiger charge is 2.30. The van der Waals surface area contributed by atoms with E-state index in [1.165, 1.54) is 18.2 Å². The van der Waals surface area contributed by atoms with E-state index in [4.69, 9.17) is 4.74 Å². The summed E-state index contributed by atoms with van der Waals surface area (Å²) in [6.45, 7) is -0.575. The van der Waals surface area contributed by atoms with Gasteiger partial charge in [0.15, 0.2) is 6.61 Å². The molecule has 0 radical (unpaired) electrons. The number of esters is 1. The Morgan fingerprint density at radius 2 is 1.68 bits per heavy atom. The van der Waals surface area contributed by atoms with Gasteiger partial charge >= 0.3 is 12.3 Å². The van der Waals surface area contributed by atoms with Crippen LogP contribution in [-0.4, -0.2) is 29.8 Å². The Labute approximate surface area is 156 Å². The van der Waals surface area contributed by atoms with Gasteiger partial charge < -0.3 is 14.8 Å². The smallest absolute Gasteiger partial charge is 0.451 e. The summed E-state index contributed by atoms with van der Waals surface area (Å²) in [6, 6.07) is 15.0. The molecule has 6 nitrogen and oxygen atoms in total. The van der Waals surface area contributed by atoms with Gasteiger partial charge in [-0.05, 0) is 36.4 Å². The van der Waals surface area contributed by atoms with E-state index < -0.39 is 30.6 Å². The SMILES string of the molecule is O=C(COC(=O)c1ccc2ccccc2n1)Nc1ccc(OC(F)(F)F)cc1. The van der Waals surface area contributed by atoms with Crippen molar-refractivity contribution < 1.29 is 32.2 Å². The molecule has 1 amide bonds. The van der Waals surface area contributed by atoms with Crippen molar-refractivity contribution in [3.05, 3.63) is 66.4 Å². The molecule has 0 aliphatic rings. The molecule has 1 N–H and O–H groups in total. The fourth-order valence-electron chi connectivity index (χ4n) is 2.32. The number of hydrogen-bond acceptors (Lipinski definition) is 5. The largest absolute Gasteiger partial charge is 0.573 e. The number of alkyl halides is 3. The lowest BCUT2D eigenvalue weighted by atomic mass is 10.2. The highest BCUT2D eigenvalue weighted by Crippen LogP contribution is 2.23. The molecule has 0 spiro atoms. The van der Waals surface area contributed by atoms with E-state index in [0.29, 0.717) is 5.52 Å². The van der Waals surface area contributed by atoms with Crippen LogP contribution in [0.2, 0.25) is 0 Å². The lowest BCUT2D eigenvalue weighted by molar-refractivity contribution is -0.274. The molecular formula is C19H13F3N2O4. The molecule has 2 aromatic carbocycles. The van der Waals surface area contributed by atoms with Crippen LogP contribution in [0.3, 0.4) is 0 Å². The van der Waals surface area contributed by atoms with Crippen molar-refractivity contribution in [1.82, 2.24) is 4.98 Å². The van der Waals surface area contributed by atoms with Crippen molar-refractivity contribution in [2.75, 3.05) is 11.9 Å². The van der Waals surface area contributed by atoms with E-state index in [0.717, 1.165) is 17.5 Å². The minimum atomic E-state index is -4.80. The Bertz CT molecular complexity index is 1000. The molecule has 9 heteroatoms. The molecule has 0 aliphatic heterocycles. The highest BCUT2D eigenvalue weighted by atomic mass is 19.4. The number of carbonyl (C=O) groups is 2. The standard InChI is InChI=1S/C19H13F3N2O4/c20-19(21,22)28-14-8-6-13(7-9-14)23-17(25)11-27-18(26)16-10-5-12-3-1-2-4-15(12)24-16/h1-10H,11H2,(H,23,25). The van der Waals surface area contributed by atoms with Gasteiger partial charge in [-0.1, -0.05) is 24.3 Å². The first-order chi connectivity index (χ1) is 13.3. The number of benzene rings is 2. The van der Waals surface area contributed by atoms with Gasteiger partial charge in [-0.25, -0.2) is 9.78 Å². The molecule has 0 bridgehead atoms. The second kappa shape index (κ2) is 7.95. The Balaban J connectivity index is 1.54. The van der Waals surface area contributed by atoms with Crippen LogP contribution in [0.1, 0.15) is 10.5 Å². The number of halogens is 3. The van der Waals surface area contributed by atoms with Gasteiger partial charge in [-0.15, -0.1) is 13.2 Å². The third-order valence-electron chi connectivity index (χ3n) is 3.51. The number of para-hydroxylation sites is 1. The molecular weight excluding hydrogens is 377 g/mol. The maximum atomic E-state index is 12.1. The number of anilines is 1. The summed E-state index contributed by atoms with van der Waals surface area (Å²) >= 11 is 0. The van der Waals surface area contributed by atoms with Gasteiger partial charge in [-0.3, -0.25) is 4.79 Å². The van der Waals surface area contributed by atoms with Crippen molar-refractivity contribution in [1.29, 1.82) is 0 Å². The summed E-state index contributed by atoms with van der Waals surface area (Å²) in [5.41, 5.74) is 0.891. The first kappa shape index (κ1) is 19.2. The van der Waals surface area contributed by atoms with Crippen LogP contribution in [0.15, 0.2) is 60.7 Å². The first-order valence-electron chi connectivity index (χ1n) is 7.99. The predicted octanol–water partition coefficient (Wildman–Crippen LogP) is 3.93. The minimum Gasteiger partial charge on any atom is -0.451 e. The fourth-order valence-corrected chi connectivity index (χ4v) is 2.32. The van der Waals surface area contributed by atoms with Crippen LogP contribution in [-0.2, 0) is 9.53 Å². The van der Waals surface area contributed by atoms with Crippen molar-refractivity contribution in [3.8, 4) is 5.75 Å². The van der Waals surface area contributed by atoms with Gasteiger partial charge in [0.2, 0.25) is 0 Å². The number of nitrogens with one attached hydrogen (secondary N) is 1. The van der Waals surface area contributed by atoms with Gasteiger partial charge in [0, 0.05) is 11.1 Å². The average Bonchev–Trinajstić information content (AvgIpc) is 2.66. The zero-order chi connectivity index (χ0) is 20.1. The fraction of sp³-hybridized carbons (Fsp3) is 0.105. The van der Waals surface area contributed by atoms with Crippen molar-refractivity contribution in [2.24, 2.45) is 0 Å². The molecule has 0 fully saturated rings. The molecule has 0 unspecified atom stereocenters. The quantitative estimate of drug-likeness (QED) is 0.668. The summed E-state index contributed by atoms with van der Waals surface area (Å²) in [5, 5.41) is 3.25. The normalized spacial score (nSPS) is 11.1. The molecule has 3 aromatic rings. The molecule has 0 saturated heterocycles. The maximum Gasteiger partial charge on any atom is 0.573 e. The highest BCUT2D eigenvalue weighted by molar-refractivity contribution is 5.95. The molecule has 0 saturated carbocycles. The maximum absolute atomic E-state index is 12.1. The number of amides is 1. The van der Waals surface area contributed by atoms with Crippen LogP contribution < -0.4 is 10.1 Å². The lowest BCUT2D eigenvalue weighted by Crippen LogP contribution is -2.21. The number of fused-ring (bicyclic) bond motifs is 1. The van der Waals surface area contributed by atoms with Crippen LogP contribution >= 0.6 is 0 Å². The number of ether oxygens (including phenoxy) is 2. The molecule has 1 aromatic heterocycles. The van der Waals surface area contributed by atoms with E-state index in [2.05, 4.69) is 15.0 Å². The Morgan fingerprint density at radius 3 is 2.39 bits per heavy atom.